The maximum Gasteiger partial charge on any atom is 0.265 e. The van der Waals surface area contributed by atoms with E-state index in [0.717, 1.165) is 22.3 Å². The summed E-state index contributed by atoms with van der Waals surface area (Å²) in [6.45, 7) is 6.51. The minimum atomic E-state index is -0.470. The van der Waals surface area contributed by atoms with E-state index in [2.05, 4.69) is 66.7 Å². The predicted octanol–water partition coefficient (Wildman–Crippen LogP) is 7.82. The van der Waals surface area contributed by atoms with Crippen molar-refractivity contribution < 1.29 is 19.7 Å². The number of aromatic amines is 1. The highest BCUT2D eigenvalue weighted by atomic mass is 32.1. The molecule has 0 aliphatic heterocycles. The van der Waals surface area contributed by atoms with Gasteiger partial charge in [0.25, 0.3) is 4.84 Å². The molecule has 0 aliphatic carbocycles. The number of aromatic hydroxyl groups is 3. The van der Waals surface area contributed by atoms with Gasteiger partial charge >= 0.3 is 0 Å². The van der Waals surface area contributed by atoms with Gasteiger partial charge in [-0.3, -0.25) is 0 Å². The molecule has 0 saturated heterocycles. The fourth-order valence-electron chi connectivity index (χ4n) is 4.59. The van der Waals surface area contributed by atoms with Crippen LogP contribution in [0.1, 0.15) is 48.6 Å². The summed E-state index contributed by atoms with van der Waals surface area (Å²) in [6, 6.07) is 30.5. The van der Waals surface area contributed by atoms with Gasteiger partial charge in [0.1, 0.15) is 23.5 Å². The first-order valence-corrected chi connectivity index (χ1v) is 12.6. The topological polar surface area (TPSA) is 89.6 Å². The second kappa shape index (κ2) is 11.0. The highest BCUT2D eigenvalue weighted by Crippen LogP contribution is 2.41. The Hall–Kier alpha value is -4.29. The average Bonchev–Trinajstić information content (AvgIpc) is 3.40. The zero-order valence-corrected chi connectivity index (χ0v) is 22.4. The Morgan fingerprint density at radius 3 is 1.16 bits per heavy atom. The first-order chi connectivity index (χ1) is 18.1. The number of phenols is 3. The zero-order valence-electron chi connectivity index (χ0n) is 21.6. The van der Waals surface area contributed by atoms with Crippen molar-refractivity contribution in [2.75, 3.05) is 0 Å². The van der Waals surface area contributed by atoms with Crippen molar-refractivity contribution in [3.05, 3.63) is 142 Å². The summed E-state index contributed by atoms with van der Waals surface area (Å²) in [5.41, 5.74) is 4.81. The first kappa shape index (κ1) is 26.8. The molecule has 38 heavy (non-hydrogen) atoms. The molecule has 6 heteroatoms. The summed E-state index contributed by atoms with van der Waals surface area (Å²) in [6.07, 6.45) is 3.14. The number of hydrogen-bond donors (Lipinski definition) is 4. The molecule has 1 aromatic heterocycles. The number of hydrogen-bond acceptors (Lipinski definition) is 5. The smallest absolute Gasteiger partial charge is 0.265 e. The Kier molecular flexibility index (Phi) is 7.74. The van der Waals surface area contributed by atoms with Gasteiger partial charge in [0.05, 0.1) is 0 Å². The van der Waals surface area contributed by atoms with Crippen LogP contribution in [-0.2, 0) is 10.8 Å². The van der Waals surface area contributed by atoms with E-state index in [9.17, 15) is 15.3 Å². The Morgan fingerprint density at radius 1 is 0.553 bits per heavy atom. The third-order valence-corrected chi connectivity index (χ3v) is 7.32. The van der Waals surface area contributed by atoms with Gasteiger partial charge in [-0.25, -0.2) is 0 Å². The van der Waals surface area contributed by atoms with E-state index in [1.807, 2.05) is 36.4 Å². The summed E-state index contributed by atoms with van der Waals surface area (Å²) in [7, 11) is 0. The number of aromatic nitrogens is 1. The molecule has 0 radical (unpaired) electrons. The van der Waals surface area contributed by atoms with Crippen LogP contribution >= 0.6 is 12.2 Å². The molecule has 0 spiro atoms. The number of H-pyrrole nitrogens is 1. The number of benzene rings is 4. The van der Waals surface area contributed by atoms with Crippen LogP contribution in [0, 0.1) is 4.84 Å². The summed E-state index contributed by atoms with van der Waals surface area (Å²) in [5, 5.41) is 29.2. The lowest BCUT2D eigenvalue weighted by molar-refractivity contribution is 0.473. The number of oxazole rings is 1. The molecular weight excluding hydrogens is 494 g/mol. The van der Waals surface area contributed by atoms with E-state index in [0.29, 0.717) is 4.84 Å². The Labute approximate surface area is 227 Å². The van der Waals surface area contributed by atoms with Crippen LogP contribution in [0.15, 0.2) is 114 Å². The van der Waals surface area contributed by atoms with Crippen LogP contribution in [0.25, 0.3) is 0 Å². The van der Waals surface area contributed by atoms with Gasteiger partial charge < -0.3 is 24.7 Å². The van der Waals surface area contributed by atoms with Gasteiger partial charge in [-0.15, -0.1) is 0 Å². The van der Waals surface area contributed by atoms with E-state index in [-0.39, 0.29) is 22.7 Å². The quantitative estimate of drug-likeness (QED) is 0.139. The summed E-state index contributed by atoms with van der Waals surface area (Å²) in [4.78, 5) is 3.07. The minimum Gasteiger partial charge on any atom is -0.508 e. The van der Waals surface area contributed by atoms with E-state index >= 15 is 0 Å². The SMILES string of the molecule is CC(C)(c1ccc(O)cc1)c1ccc(C(C)(c2ccc(O)cc2)c2ccc(O)cc2)cc1.S=c1[nH]cco1. The van der Waals surface area contributed by atoms with Crippen molar-refractivity contribution in [1.82, 2.24) is 4.98 Å². The Balaban J connectivity index is 0.000000494. The Bertz CT molecular complexity index is 1450. The van der Waals surface area contributed by atoms with Crippen LogP contribution in [0.5, 0.6) is 17.2 Å². The molecule has 5 rings (SSSR count). The monoisotopic (exact) mass is 525 g/mol. The fourth-order valence-corrected chi connectivity index (χ4v) is 4.71. The average molecular weight is 526 g/mol. The van der Waals surface area contributed by atoms with Crippen LogP contribution in [0.2, 0.25) is 0 Å². The highest BCUT2D eigenvalue weighted by Gasteiger charge is 2.32. The molecule has 1 heterocycles. The van der Waals surface area contributed by atoms with Gasteiger partial charge in [0, 0.05) is 17.0 Å². The number of phenolic OH excluding ortho intramolecular Hbond substituents is 3. The predicted molar refractivity (Wildman–Crippen MR) is 152 cm³/mol. The molecule has 5 aromatic rings. The van der Waals surface area contributed by atoms with Crippen molar-refractivity contribution in [3.63, 3.8) is 0 Å². The van der Waals surface area contributed by atoms with Crippen molar-refractivity contribution in [3.8, 4) is 17.2 Å². The van der Waals surface area contributed by atoms with E-state index < -0.39 is 5.41 Å². The molecule has 0 bridgehead atoms. The lowest BCUT2D eigenvalue weighted by atomic mass is 9.70. The van der Waals surface area contributed by atoms with Gasteiger partial charge in [-0.05, 0) is 83.4 Å². The third-order valence-electron chi connectivity index (χ3n) is 7.11. The summed E-state index contributed by atoms with van der Waals surface area (Å²) >= 11 is 4.52. The van der Waals surface area contributed by atoms with Crippen molar-refractivity contribution in [1.29, 1.82) is 0 Å². The van der Waals surface area contributed by atoms with Crippen molar-refractivity contribution >= 4 is 12.2 Å². The number of nitrogens with one attached hydrogen (secondary N) is 1. The molecule has 0 aliphatic rings. The van der Waals surface area contributed by atoms with Gasteiger partial charge in [0.2, 0.25) is 0 Å². The van der Waals surface area contributed by atoms with Crippen LogP contribution in [-0.4, -0.2) is 20.3 Å². The fraction of sp³-hybridized carbons (Fsp3) is 0.156. The van der Waals surface area contributed by atoms with Crippen molar-refractivity contribution in [2.24, 2.45) is 0 Å². The lowest BCUT2D eigenvalue weighted by Crippen LogP contribution is -2.26. The largest absolute Gasteiger partial charge is 0.508 e. The maximum absolute atomic E-state index is 9.80. The highest BCUT2D eigenvalue weighted by molar-refractivity contribution is 7.71. The molecule has 0 fully saturated rings. The second-order valence-corrected chi connectivity index (χ2v) is 10.2. The first-order valence-electron chi connectivity index (χ1n) is 12.2. The van der Waals surface area contributed by atoms with Crippen LogP contribution in [0.3, 0.4) is 0 Å². The molecule has 194 valence electrons. The van der Waals surface area contributed by atoms with Gasteiger partial charge in [0.15, 0.2) is 0 Å². The second-order valence-electron chi connectivity index (χ2n) is 9.82. The normalized spacial score (nSPS) is 11.4. The standard InChI is InChI=1S/C29H28O3.C3H3NOS/c1-28(2,21-8-14-25(30)15-9-21)20-4-6-22(7-5-20)29(3,23-10-16-26(31)17-11-23)24-12-18-27(32)19-13-24;6-3-4-1-2-5-3/h4-19,30-32H,1-3H3;1-2H,(H,4,6). The van der Waals surface area contributed by atoms with Gasteiger partial charge in [-0.2, -0.15) is 0 Å². The molecule has 4 aromatic carbocycles. The molecule has 0 amide bonds. The van der Waals surface area contributed by atoms with Crippen molar-refractivity contribution in [2.45, 2.75) is 31.6 Å². The summed E-state index contributed by atoms with van der Waals surface area (Å²) < 4.78 is 4.59. The van der Waals surface area contributed by atoms with Crippen LogP contribution < -0.4 is 0 Å². The molecule has 0 atom stereocenters. The molecule has 0 unspecified atom stereocenters. The molecule has 5 nitrogen and oxygen atoms in total. The maximum atomic E-state index is 9.80. The Morgan fingerprint density at radius 2 is 0.868 bits per heavy atom. The molecule has 4 N–H and O–H groups in total. The minimum absolute atomic E-state index is 0.223. The lowest BCUT2D eigenvalue weighted by Gasteiger charge is -2.33. The molecule has 0 saturated carbocycles. The molecular formula is C32H31NO4S. The zero-order chi connectivity index (χ0) is 27.3. The number of rotatable bonds is 5. The summed E-state index contributed by atoms with van der Waals surface area (Å²) in [5.74, 6) is 0.721. The third kappa shape index (κ3) is 5.66. The van der Waals surface area contributed by atoms with E-state index in [1.54, 1.807) is 42.6 Å². The van der Waals surface area contributed by atoms with E-state index in [4.69, 9.17) is 0 Å². The van der Waals surface area contributed by atoms with Gasteiger partial charge in [-0.1, -0.05) is 74.5 Å². The van der Waals surface area contributed by atoms with Crippen LogP contribution in [0.4, 0.5) is 0 Å². The van der Waals surface area contributed by atoms with E-state index in [1.165, 1.54) is 11.8 Å².